The van der Waals surface area contributed by atoms with Gasteiger partial charge in [0.2, 0.25) is 5.91 Å². The Bertz CT molecular complexity index is 781. The lowest BCUT2D eigenvalue weighted by Crippen LogP contribution is -2.44. The first-order valence-electron chi connectivity index (χ1n) is 9.30. The highest BCUT2D eigenvalue weighted by atomic mass is 79.9. The van der Waals surface area contributed by atoms with Crippen molar-refractivity contribution in [3.63, 3.8) is 0 Å². The second-order valence-electron chi connectivity index (χ2n) is 6.78. The molecule has 1 unspecified atom stereocenters. The minimum atomic E-state index is -0.108. The molecule has 2 amide bonds. The number of hydrogen-bond acceptors (Lipinski definition) is 4. The molecule has 0 aromatic heterocycles. The van der Waals surface area contributed by atoms with Crippen molar-refractivity contribution < 1.29 is 9.59 Å². The van der Waals surface area contributed by atoms with E-state index in [0.29, 0.717) is 28.2 Å². The van der Waals surface area contributed by atoms with Gasteiger partial charge in [0.1, 0.15) is 4.32 Å². The van der Waals surface area contributed by atoms with Crippen LogP contribution in [-0.4, -0.2) is 45.1 Å². The molecule has 1 aromatic carbocycles. The van der Waals surface area contributed by atoms with Crippen molar-refractivity contribution in [2.75, 3.05) is 13.1 Å². The molecule has 0 saturated carbocycles. The summed E-state index contributed by atoms with van der Waals surface area (Å²) in [6, 6.07) is 8.12. The van der Waals surface area contributed by atoms with Crippen molar-refractivity contribution in [1.29, 1.82) is 0 Å². The zero-order valence-electron chi connectivity index (χ0n) is 15.3. The van der Waals surface area contributed by atoms with E-state index in [4.69, 9.17) is 12.2 Å². The zero-order chi connectivity index (χ0) is 19.4. The number of benzene rings is 1. The highest BCUT2D eigenvalue weighted by molar-refractivity contribution is 9.10. The number of hydrogen-bond donors (Lipinski definition) is 0. The molecule has 2 heterocycles. The quantitative estimate of drug-likeness (QED) is 0.460. The standard InChI is InChI=1S/C20H23BrN2O2S2/c1-2-16-8-3-4-10-22(16)18(24)9-11-23-19(25)17(27-20(23)26)13-14-6-5-7-15(21)12-14/h5-7,12-13,16H,2-4,8-11H2,1H3. The molecule has 1 atom stereocenters. The van der Waals surface area contributed by atoms with E-state index in [1.165, 1.54) is 18.2 Å². The van der Waals surface area contributed by atoms with Crippen LogP contribution in [0.1, 0.15) is 44.6 Å². The molecule has 0 radical (unpaired) electrons. The Morgan fingerprint density at radius 1 is 1.41 bits per heavy atom. The van der Waals surface area contributed by atoms with E-state index in [2.05, 4.69) is 22.9 Å². The van der Waals surface area contributed by atoms with Crippen LogP contribution in [0.4, 0.5) is 0 Å². The van der Waals surface area contributed by atoms with Gasteiger partial charge in [0.25, 0.3) is 5.91 Å². The fourth-order valence-electron chi connectivity index (χ4n) is 3.54. The predicted molar refractivity (Wildman–Crippen MR) is 118 cm³/mol. The number of carbonyl (C=O) groups excluding carboxylic acids is 2. The zero-order valence-corrected chi connectivity index (χ0v) is 18.5. The molecule has 144 valence electrons. The van der Waals surface area contributed by atoms with Crippen molar-refractivity contribution in [2.45, 2.75) is 45.1 Å². The van der Waals surface area contributed by atoms with Crippen LogP contribution in [0.15, 0.2) is 33.6 Å². The van der Waals surface area contributed by atoms with Gasteiger partial charge in [0.05, 0.1) is 4.91 Å². The van der Waals surface area contributed by atoms with E-state index < -0.39 is 0 Å². The van der Waals surface area contributed by atoms with Gasteiger partial charge in [-0.05, 0) is 49.5 Å². The van der Waals surface area contributed by atoms with E-state index in [9.17, 15) is 9.59 Å². The third-order valence-electron chi connectivity index (χ3n) is 4.99. The molecule has 2 aliphatic heterocycles. The topological polar surface area (TPSA) is 40.6 Å². The van der Waals surface area contributed by atoms with E-state index in [1.54, 1.807) is 4.90 Å². The molecule has 2 saturated heterocycles. The van der Waals surface area contributed by atoms with Crippen LogP contribution in [-0.2, 0) is 9.59 Å². The molecular weight excluding hydrogens is 444 g/mol. The van der Waals surface area contributed by atoms with Gasteiger partial charge in [-0.2, -0.15) is 0 Å². The van der Waals surface area contributed by atoms with E-state index in [1.807, 2.05) is 35.2 Å². The summed E-state index contributed by atoms with van der Waals surface area (Å²) >= 11 is 10.1. The summed E-state index contributed by atoms with van der Waals surface area (Å²) in [4.78, 5) is 29.6. The minimum Gasteiger partial charge on any atom is -0.340 e. The van der Waals surface area contributed by atoms with Gasteiger partial charge in [-0.15, -0.1) is 0 Å². The van der Waals surface area contributed by atoms with Crippen LogP contribution in [0.5, 0.6) is 0 Å². The summed E-state index contributed by atoms with van der Waals surface area (Å²) in [5.41, 5.74) is 0.944. The molecule has 0 spiro atoms. The molecular formula is C20H23BrN2O2S2. The minimum absolute atomic E-state index is 0.108. The maximum atomic E-state index is 12.7. The predicted octanol–water partition coefficient (Wildman–Crippen LogP) is 4.83. The van der Waals surface area contributed by atoms with Crippen LogP contribution >= 0.6 is 39.9 Å². The Morgan fingerprint density at radius 3 is 2.96 bits per heavy atom. The number of piperidine rings is 1. The molecule has 2 aliphatic rings. The average Bonchev–Trinajstić information content (AvgIpc) is 2.92. The van der Waals surface area contributed by atoms with E-state index in [-0.39, 0.29) is 11.8 Å². The molecule has 0 N–H and O–H groups in total. The lowest BCUT2D eigenvalue weighted by molar-refractivity contribution is -0.135. The van der Waals surface area contributed by atoms with Crippen LogP contribution in [0, 0.1) is 0 Å². The van der Waals surface area contributed by atoms with Crippen LogP contribution in [0.25, 0.3) is 6.08 Å². The Hall–Kier alpha value is -1.18. The Morgan fingerprint density at radius 2 is 2.22 bits per heavy atom. The summed E-state index contributed by atoms with van der Waals surface area (Å²) in [5, 5.41) is 0. The summed E-state index contributed by atoms with van der Waals surface area (Å²) in [5.74, 6) is 0.0232. The van der Waals surface area contributed by atoms with Gasteiger partial charge >= 0.3 is 0 Å². The molecule has 3 rings (SSSR count). The molecule has 0 aliphatic carbocycles. The number of thiocarbonyl (C=S) groups is 1. The molecule has 4 nitrogen and oxygen atoms in total. The third-order valence-corrected chi connectivity index (χ3v) is 6.86. The second-order valence-corrected chi connectivity index (χ2v) is 9.37. The number of halogens is 1. The average molecular weight is 467 g/mol. The first-order chi connectivity index (χ1) is 13.0. The summed E-state index contributed by atoms with van der Waals surface area (Å²) in [6.45, 7) is 3.32. The fourth-order valence-corrected chi connectivity index (χ4v) is 5.27. The number of carbonyl (C=O) groups is 2. The molecule has 7 heteroatoms. The second kappa shape index (κ2) is 9.34. The lowest BCUT2D eigenvalue weighted by Gasteiger charge is -2.35. The van der Waals surface area contributed by atoms with Crippen LogP contribution < -0.4 is 0 Å². The van der Waals surface area contributed by atoms with E-state index in [0.717, 1.165) is 35.8 Å². The SMILES string of the molecule is CCC1CCCCN1C(=O)CCN1C(=O)C(=Cc2cccc(Br)c2)SC1=S. The number of amides is 2. The highest BCUT2D eigenvalue weighted by Crippen LogP contribution is 2.33. The van der Waals surface area contributed by atoms with Crippen molar-refractivity contribution in [3.8, 4) is 0 Å². The van der Waals surface area contributed by atoms with Gasteiger partial charge in [-0.1, -0.05) is 59.0 Å². The van der Waals surface area contributed by atoms with Crippen molar-refractivity contribution in [1.82, 2.24) is 9.80 Å². The Labute approximate surface area is 178 Å². The Balaban J connectivity index is 1.63. The highest BCUT2D eigenvalue weighted by Gasteiger charge is 2.33. The van der Waals surface area contributed by atoms with E-state index >= 15 is 0 Å². The number of likely N-dealkylation sites (tertiary alicyclic amines) is 1. The van der Waals surface area contributed by atoms with Crippen molar-refractivity contribution >= 4 is 62.1 Å². The summed E-state index contributed by atoms with van der Waals surface area (Å²) in [7, 11) is 0. The first-order valence-corrected chi connectivity index (χ1v) is 11.3. The first kappa shape index (κ1) is 20.6. The summed E-state index contributed by atoms with van der Waals surface area (Å²) in [6.07, 6.45) is 6.51. The molecule has 2 fully saturated rings. The van der Waals surface area contributed by atoms with Gasteiger partial charge in [-0.3, -0.25) is 14.5 Å². The molecule has 27 heavy (non-hydrogen) atoms. The number of nitrogens with zero attached hydrogens (tertiary/aromatic N) is 2. The fraction of sp³-hybridized carbons (Fsp3) is 0.450. The smallest absolute Gasteiger partial charge is 0.266 e. The van der Waals surface area contributed by atoms with Crippen molar-refractivity contribution in [2.24, 2.45) is 0 Å². The number of thioether (sulfide) groups is 1. The maximum Gasteiger partial charge on any atom is 0.266 e. The lowest BCUT2D eigenvalue weighted by atomic mass is 9.99. The van der Waals surface area contributed by atoms with Gasteiger partial charge in [0, 0.05) is 30.0 Å². The summed E-state index contributed by atoms with van der Waals surface area (Å²) < 4.78 is 1.49. The van der Waals surface area contributed by atoms with Crippen LogP contribution in [0.3, 0.4) is 0 Å². The Kier molecular flexibility index (Phi) is 7.11. The van der Waals surface area contributed by atoms with Gasteiger partial charge in [-0.25, -0.2) is 0 Å². The third kappa shape index (κ3) is 5.00. The monoisotopic (exact) mass is 466 g/mol. The molecule has 1 aromatic rings. The largest absolute Gasteiger partial charge is 0.340 e. The number of rotatable bonds is 5. The normalized spacial score (nSPS) is 22.0. The maximum absolute atomic E-state index is 12.7. The van der Waals surface area contributed by atoms with Crippen LogP contribution in [0.2, 0.25) is 0 Å². The van der Waals surface area contributed by atoms with Crippen molar-refractivity contribution in [3.05, 3.63) is 39.2 Å². The van der Waals surface area contributed by atoms with Gasteiger partial charge in [0.15, 0.2) is 0 Å². The molecule has 0 bridgehead atoms. The van der Waals surface area contributed by atoms with Gasteiger partial charge < -0.3 is 4.90 Å².